The van der Waals surface area contributed by atoms with Gasteiger partial charge in [0.2, 0.25) is 0 Å². The Morgan fingerprint density at radius 1 is 1.86 bits per heavy atom. The van der Waals surface area contributed by atoms with E-state index in [2.05, 4.69) is 11.6 Å². The lowest BCUT2D eigenvalue weighted by Gasteiger charge is -2.07. The summed E-state index contributed by atoms with van der Waals surface area (Å²) < 4.78 is 4.93. The van der Waals surface area contributed by atoms with Crippen LogP contribution in [0.3, 0.4) is 0 Å². The summed E-state index contributed by atoms with van der Waals surface area (Å²) in [5, 5.41) is 8.74. The highest BCUT2D eigenvalue weighted by molar-refractivity contribution is 5.86. The fourth-order valence-electron chi connectivity index (χ4n) is 1.15. The minimum Gasteiger partial charge on any atom is -0.476 e. The minimum atomic E-state index is -1.13. The highest BCUT2D eigenvalue weighted by Crippen LogP contribution is 2.20. The molecule has 0 fully saturated rings. The Kier molecular flexibility index (Phi) is 3.03. The number of carboxylic acid groups (broad SMARTS) is 1. The second-order valence-corrected chi connectivity index (χ2v) is 3.14. The normalized spacial score (nSPS) is 12.4. The SMILES string of the molecule is C=C(C)CC(N)c1ocnc1C(=O)O. The van der Waals surface area contributed by atoms with Crippen molar-refractivity contribution >= 4 is 5.97 Å². The molecule has 14 heavy (non-hydrogen) atoms. The van der Waals surface area contributed by atoms with Gasteiger partial charge in [-0.2, -0.15) is 0 Å². The predicted molar refractivity (Wildman–Crippen MR) is 49.8 cm³/mol. The van der Waals surface area contributed by atoms with Gasteiger partial charge in [0.1, 0.15) is 0 Å². The van der Waals surface area contributed by atoms with Crippen LogP contribution in [-0.4, -0.2) is 16.1 Å². The van der Waals surface area contributed by atoms with Gasteiger partial charge in [0.25, 0.3) is 0 Å². The van der Waals surface area contributed by atoms with Crippen molar-refractivity contribution in [2.24, 2.45) is 5.73 Å². The van der Waals surface area contributed by atoms with Gasteiger partial charge in [0, 0.05) is 0 Å². The van der Waals surface area contributed by atoms with Crippen LogP contribution < -0.4 is 5.73 Å². The second kappa shape index (κ2) is 4.06. The molecule has 0 aromatic carbocycles. The third-order valence-electron chi connectivity index (χ3n) is 1.70. The first-order valence-corrected chi connectivity index (χ1v) is 4.09. The maximum atomic E-state index is 10.7. The molecule has 1 unspecified atom stereocenters. The van der Waals surface area contributed by atoms with Crippen LogP contribution in [0.15, 0.2) is 23.0 Å². The Hall–Kier alpha value is -1.62. The number of rotatable bonds is 4. The monoisotopic (exact) mass is 196 g/mol. The van der Waals surface area contributed by atoms with E-state index >= 15 is 0 Å². The van der Waals surface area contributed by atoms with Gasteiger partial charge in [0.15, 0.2) is 17.8 Å². The highest BCUT2D eigenvalue weighted by Gasteiger charge is 2.21. The lowest BCUT2D eigenvalue weighted by atomic mass is 10.1. The Bertz CT molecular complexity index is 357. The lowest BCUT2D eigenvalue weighted by Crippen LogP contribution is -2.14. The Morgan fingerprint density at radius 2 is 2.50 bits per heavy atom. The van der Waals surface area contributed by atoms with E-state index in [4.69, 9.17) is 15.3 Å². The van der Waals surface area contributed by atoms with Gasteiger partial charge >= 0.3 is 5.97 Å². The second-order valence-electron chi connectivity index (χ2n) is 3.14. The van der Waals surface area contributed by atoms with Crippen molar-refractivity contribution in [1.82, 2.24) is 4.98 Å². The number of nitrogens with two attached hydrogens (primary N) is 1. The van der Waals surface area contributed by atoms with Gasteiger partial charge in [-0.05, 0) is 13.3 Å². The topological polar surface area (TPSA) is 89.4 Å². The number of nitrogens with zero attached hydrogens (tertiary/aromatic N) is 1. The first kappa shape index (κ1) is 10.5. The van der Waals surface area contributed by atoms with Gasteiger partial charge in [-0.15, -0.1) is 6.58 Å². The molecule has 0 aliphatic heterocycles. The van der Waals surface area contributed by atoms with E-state index in [-0.39, 0.29) is 11.5 Å². The summed E-state index contributed by atoms with van der Waals surface area (Å²) in [7, 11) is 0. The predicted octanol–water partition coefficient (Wildman–Crippen LogP) is 1.34. The Balaban J connectivity index is 2.89. The number of oxazole rings is 1. The third-order valence-corrected chi connectivity index (χ3v) is 1.70. The third kappa shape index (κ3) is 2.20. The summed E-state index contributed by atoms with van der Waals surface area (Å²) >= 11 is 0. The smallest absolute Gasteiger partial charge is 0.358 e. The van der Waals surface area contributed by atoms with Gasteiger partial charge in [0.05, 0.1) is 6.04 Å². The van der Waals surface area contributed by atoms with Gasteiger partial charge < -0.3 is 15.3 Å². The standard InChI is InChI=1S/C9H12N2O3/c1-5(2)3-6(10)8-7(9(12)13)11-4-14-8/h4,6H,1,3,10H2,2H3,(H,12,13). The molecular formula is C9H12N2O3. The van der Waals surface area contributed by atoms with Crippen molar-refractivity contribution in [3.63, 3.8) is 0 Å². The molecule has 1 rings (SSSR count). The van der Waals surface area contributed by atoms with Crippen molar-refractivity contribution in [3.8, 4) is 0 Å². The minimum absolute atomic E-state index is 0.126. The van der Waals surface area contributed by atoms with Crippen LogP contribution >= 0.6 is 0 Å². The summed E-state index contributed by atoms with van der Waals surface area (Å²) in [6.07, 6.45) is 1.56. The molecule has 1 heterocycles. The van der Waals surface area contributed by atoms with E-state index in [9.17, 15) is 4.79 Å². The number of carbonyl (C=O) groups is 1. The number of hydrogen-bond acceptors (Lipinski definition) is 4. The van der Waals surface area contributed by atoms with Crippen molar-refractivity contribution < 1.29 is 14.3 Å². The first-order valence-electron chi connectivity index (χ1n) is 4.09. The molecule has 0 saturated carbocycles. The van der Waals surface area contributed by atoms with Crippen LogP contribution in [0, 0.1) is 0 Å². The first-order chi connectivity index (χ1) is 6.52. The number of aromatic nitrogens is 1. The fourth-order valence-corrected chi connectivity index (χ4v) is 1.15. The van der Waals surface area contributed by atoms with Crippen molar-refractivity contribution in [2.45, 2.75) is 19.4 Å². The van der Waals surface area contributed by atoms with E-state index in [1.165, 1.54) is 0 Å². The van der Waals surface area contributed by atoms with Gasteiger partial charge in [-0.1, -0.05) is 5.57 Å². The molecule has 5 nitrogen and oxygen atoms in total. The van der Waals surface area contributed by atoms with E-state index in [1.54, 1.807) is 0 Å². The molecule has 0 radical (unpaired) electrons. The molecule has 5 heteroatoms. The molecule has 0 aliphatic carbocycles. The summed E-state index contributed by atoms with van der Waals surface area (Å²) in [5.41, 5.74) is 6.46. The zero-order chi connectivity index (χ0) is 10.7. The van der Waals surface area contributed by atoms with Crippen LogP contribution in [0.5, 0.6) is 0 Å². The van der Waals surface area contributed by atoms with E-state index in [1.807, 2.05) is 6.92 Å². The quantitative estimate of drug-likeness (QED) is 0.709. The molecule has 1 aromatic heterocycles. The molecule has 3 N–H and O–H groups in total. The van der Waals surface area contributed by atoms with Crippen LogP contribution in [-0.2, 0) is 0 Å². The lowest BCUT2D eigenvalue weighted by molar-refractivity contribution is 0.0688. The molecule has 0 spiro atoms. The van der Waals surface area contributed by atoms with E-state index in [0.717, 1.165) is 12.0 Å². The van der Waals surface area contributed by atoms with Crippen molar-refractivity contribution in [2.75, 3.05) is 0 Å². The van der Waals surface area contributed by atoms with Crippen molar-refractivity contribution in [3.05, 3.63) is 30.0 Å². The fraction of sp³-hybridized carbons (Fsp3) is 0.333. The molecule has 1 aromatic rings. The molecule has 0 bridgehead atoms. The zero-order valence-corrected chi connectivity index (χ0v) is 7.86. The highest BCUT2D eigenvalue weighted by atomic mass is 16.4. The maximum absolute atomic E-state index is 10.7. The largest absolute Gasteiger partial charge is 0.476 e. The van der Waals surface area contributed by atoms with E-state index in [0.29, 0.717) is 6.42 Å². The number of hydrogen-bond donors (Lipinski definition) is 2. The van der Waals surface area contributed by atoms with Crippen molar-refractivity contribution in [1.29, 1.82) is 0 Å². The summed E-state index contributed by atoms with van der Waals surface area (Å²) in [5.74, 6) is -0.939. The maximum Gasteiger partial charge on any atom is 0.358 e. The zero-order valence-electron chi connectivity index (χ0n) is 7.86. The van der Waals surface area contributed by atoms with Gasteiger partial charge in [-0.25, -0.2) is 9.78 Å². The van der Waals surface area contributed by atoms with Gasteiger partial charge in [-0.3, -0.25) is 0 Å². The summed E-state index contributed by atoms with van der Waals surface area (Å²) in [4.78, 5) is 14.2. The van der Waals surface area contributed by atoms with Crippen LogP contribution in [0.4, 0.5) is 0 Å². The average molecular weight is 196 g/mol. The number of aromatic carboxylic acids is 1. The Morgan fingerprint density at radius 3 is 3.00 bits per heavy atom. The summed E-state index contributed by atoms with van der Waals surface area (Å²) in [6, 6.07) is -0.499. The average Bonchev–Trinajstić information content (AvgIpc) is 2.49. The van der Waals surface area contributed by atoms with Crippen LogP contribution in [0.1, 0.15) is 35.6 Å². The molecule has 0 aliphatic rings. The Labute approximate surface area is 81.2 Å². The van der Waals surface area contributed by atoms with Crippen LogP contribution in [0.2, 0.25) is 0 Å². The molecular weight excluding hydrogens is 184 g/mol. The molecule has 76 valence electrons. The molecule has 0 saturated heterocycles. The van der Waals surface area contributed by atoms with E-state index < -0.39 is 12.0 Å². The number of carboxylic acids is 1. The molecule has 1 atom stereocenters. The molecule has 0 amide bonds. The summed E-state index contributed by atoms with van der Waals surface area (Å²) in [6.45, 7) is 5.51. The van der Waals surface area contributed by atoms with Crippen LogP contribution in [0.25, 0.3) is 0 Å².